The summed E-state index contributed by atoms with van der Waals surface area (Å²) in [4.78, 5) is 29.2. The second-order valence-corrected chi connectivity index (χ2v) is 9.32. The number of rotatable bonds is 3. The van der Waals surface area contributed by atoms with Crippen molar-refractivity contribution in [2.75, 3.05) is 31.3 Å². The van der Waals surface area contributed by atoms with E-state index in [2.05, 4.69) is 0 Å². The molecule has 7 heteroatoms. The topological polar surface area (TPSA) is 49.9 Å². The van der Waals surface area contributed by atoms with E-state index in [0.717, 1.165) is 5.56 Å². The summed E-state index contributed by atoms with van der Waals surface area (Å²) in [6, 6.07) is 5.88. The van der Waals surface area contributed by atoms with Gasteiger partial charge in [-0.15, -0.1) is 11.8 Å². The third kappa shape index (κ3) is 5.02. The molecule has 2 aliphatic rings. The fourth-order valence-corrected chi connectivity index (χ4v) is 4.59. The molecular weight excluding hydrogens is 367 g/mol. The van der Waals surface area contributed by atoms with Crippen LogP contribution < -0.4 is 0 Å². The van der Waals surface area contributed by atoms with Gasteiger partial charge in [0.05, 0.1) is 19.0 Å². The number of halogens is 1. The molecule has 148 valence electrons. The fourth-order valence-electron chi connectivity index (χ4n) is 3.42. The Bertz CT molecular complexity index is 707. The first kappa shape index (κ1) is 20.1. The van der Waals surface area contributed by atoms with Gasteiger partial charge in [0.1, 0.15) is 18.0 Å². The summed E-state index contributed by atoms with van der Waals surface area (Å²) in [7, 11) is 0. The van der Waals surface area contributed by atoms with Gasteiger partial charge in [-0.25, -0.2) is 4.39 Å². The van der Waals surface area contributed by atoms with Gasteiger partial charge in [0.25, 0.3) is 0 Å². The minimum absolute atomic E-state index is 0.0285. The molecule has 0 radical (unpaired) electrons. The van der Waals surface area contributed by atoms with E-state index in [1.807, 2.05) is 26.8 Å². The van der Waals surface area contributed by atoms with Crippen LogP contribution in [-0.2, 0) is 14.3 Å². The molecule has 1 aromatic carbocycles. The summed E-state index contributed by atoms with van der Waals surface area (Å²) in [6.07, 6.45) is 0.0815. The molecule has 0 bridgehead atoms. The number of carbonyl (C=O) groups is 2. The van der Waals surface area contributed by atoms with Crippen molar-refractivity contribution in [2.24, 2.45) is 5.41 Å². The second kappa shape index (κ2) is 8.19. The zero-order valence-corrected chi connectivity index (χ0v) is 16.9. The summed E-state index contributed by atoms with van der Waals surface area (Å²) in [5.41, 5.74) is 0.619. The molecule has 2 fully saturated rings. The Hall–Kier alpha value is -1.60. The highest BCUT2D eigenvalue weighted by Crippen LogP contribution is 2.29. The van der Waals surface area contributed by atoms with Crippen LogP contribution in [0.2, 0.25) is 0 Å². The Morgan fingerprint density at radius 1 is 1.33 bits per heavy atom. The Morgan fingerprint density at radius 2 is 2.11 bits per heavy atom. The largest absolute Gasteiger partial charge is 0.370 e. The van der Waals surface area contributed by atoms with Gasteiger partial charge in [-0.3, -0.25) is 9.59 Å². The third-order valence-corrected chi connectivity index (χ3v) is 5.78. The van der Waals surface area contributed by atoms with E-state index in [9.17, 15) is 14.0 Å². The molecule has 2 aliphatic heterocycles. The molecule has 0 N–H and O–H groups in total. The van der Waals surface area contributed by atoms with E-state index in [0.29, 0.717) is 37.7 Å². The summed E-state index contributed by atoms with van der Waals surface area (Å²) in [5.74, 6) is 0.859. The molecule has 2 amide bonds. The highest BCUT2D eigenvalue weighted by molar-refractivity contribution is 7.99. The third-order valence-electron chi connectivity index (χ3n) is 4.77. The maximum Gasteiger partial charge on any atom is 0.246 e. The second-order valence-electron chi connectivity index (χ2n) is 8.32. The lowest BCUT2D eigenvalue weighted by molar-refractivity contribution is -0.149. The van der Waals surface area contributed by atoms with Gasteiger partial charge in [0.15, 0.2) is 0 Å². The average Bonchev–Trinajstić information content (AvgIpc) is 3.10. The fraction of sp³-hybridized carbons (Fsp3) is 0.600. The number of nitrogens with zero attached hydrogens (tertiary/aromatic N) is 2. The zero-order chi connectivity index (χ0) is 19.6. The Labute approximate surface area is 164 Å². The van der Waals surface area contributed by atoms with Crippen LogP contribution in [0.1, 0.15) is 38.9 Å². The van der Waals surface area contributed by atoms with Crippen LogP contribution >= 0.6 is 11.8 Å². The van der Waals surface area contributed by atoms with Crippen LogP contribution in [0.3, 0.4) is 0 Å². The molecule has 0 aromatic heterocycles. The van der Waals surface area contributed by atoms with Gasteiger partial charge >= 0.3 is 0 Å². The van der Waals surface area contributed by atoms with Crippen molar-refractivity contribution in [3.05, 3.63) is 35.6 Å². The quantitative estimate of drug-likeness (QED) is 0.791. The van der Waals surface area contributed by atoms with Gasteiger partial charge in [-0.2, -0.15) is 0 Å². The number of hydrogen-bond donors (Lipinski definition) is 0. The zero-order valence-electron chi connectivity index (χ0n) is 16.1. The number of amides is 2. The van der Waals surface area contributed by atoms with Crippen LogP contribution in [0.25, 0.3) is 0 Å². The van der Waals surface area contributed by atoms with Crippen molar-refractivity contribution in [2.45, 2.75) is 39.3 Å². The van der Waals surface area contributed by atoms with E-state index in [1.54, 1.807) is 27.6 Å². The van der Waals surface area contributed by atoms with E-state index < -0.39 is 6.04 Å². The van der Waals surface area contributed by atoms with Crippen molar-refractivity contribution in [3.63, 3.8) is 0 Å². The molecular formula is C20H27FN2O3S. The minimum Gasteiger partial charge on any atom is -0.370 e. The van der Waals surface area contributed by atoms with Crippen molar-refractivity contribution >= 4 is 23.6 Å². The maximum absolute atomic E-state index is 13.5. The highest BCUT2D eigenvalue weighted by atomic mass is 32.2. The van der Waals surface area contributed by atoms with Gasteiger partial charge in [-0.05, 0) is 23.1 Å². The van der Waals surface area contributed by atoms with Crippen LogP contribution in [0, 0.1) is 11.2 Å². The number of hydrogen-bond acceptors (Lipinski definition) is 4. The first-order valence-corrected chi connectivity index (χ1v) is 10.4. The molecule has 2 saturated heterocycles. The monoisotopic (exact) mass is 394 g/mol. The molecule has 0 saturated carbocycles. The number of thioether (sulfide) groups is 1. The molecule has 2 heterocycles. The molecule has 0 aliphatic carbocycles. The van der Waals surface area contributed by atoms with Gasteiger partial charge in [0, 0.05) is 18.7 Å². The predicted molar refractivity (Wildman–Crippen MR) is 104 cm³/mol. The lowest BCUT2D eigenvalue weighted by atomic mass is 9.91. The van der Waals surface area contributed by atoms with Crippen LogP contribution in [-0.4, -0.2) is 59.0 Å². The summed E-state index contributed by atoms with van der Waals surface area (Å²) in [6.45, 7) is 7.35. The SMILES string of the molecule is CC(C)(C)CC(=O)N1CSCC1C(=O)N1CCOC(c2cccc(F)c2)C1. The molecule has 2 unspecified atom stereocenters. The van der Waals surface area contributed by atoms with Crippen molar-refractivity contribution < 1.29 is 18.7 Å². The van der Waals surface area contributed by atoms with Crippen molar-refractivity contribution in [1.29, 1.82) is 0 Å². The number of benzene rings is 1. The highest BCUT2D eigenvalue weighted by Gasteiger charge is 2.39. The molecule has 1 aromatic rings. The van der Waals surface area contributed by atoms with Gasteiger partial charge in [-0.1, -0.05) is 32.9 Å². The average molecular weight is 395 g/mol. The van der Waals surface area contributed by atoms with E-state index >= 15 is 0 Å². The summed E-state index contributed by atoms with van der Waals surface area (Å²) < 4.78 is 19.3. The summed E-state index contributed by atoms with van der Waals surface area (Å²) in [5, 5.41) is 0. The maximum atomic E-state index is 13.5. The molecule has 0 spiro atoms. The van der Waals surface area contributed by atoms with Gasteiger partial charge < -0.3 is 14.5 Å². The number of morpholine rings is 1. The molecule has 5 nitrogen and oxygen atoms in total. The summed E-state index contributed by atoms with van der Waals surface area (Å²) >= 11 is 1.61. The lowest BCUT2D eigenvalue weighted by Crippen LogP contribution is -2.52. The predicted octanol–water partition coefficient (Wildman–Crippen LogP) is 3.06. The Kier molecular flexibility index (Phi) is 6.11. The first-order chi connectivity index (χ1) is 12.7. The smallest absolute Gasteiger partial charge is 0.246 e. The van der Waals surface area contributed by atoms with E-state index in [1.165, 1.54) is 12.1 Å². The number of ether oxygens (including phenoxy) is 1. The Balaban J connectivity index is 1.68. The first-order valence-electron chi connectivity index (χ1n) is 9.28. The van der Waals surface area contributed by atoms with E-state index in [4.69, 9.17) is 4.74 Å². The van der Waals surface area contributed by atoms with E-state index in [-0.39, 0.29) is 29.2 Å². The normalized spacial score (nSPS) is 23.6. The molecule has 27 heavy (non-hydrogen) atoms. The minimum atomic E-state index is -0.420. The van der Waals surface area contributed by atoms with Crippen LogP contribution in [0.15, 0.2) is 24.3 Å². The van der Waals surface area contributed by atoms with Gasteiger partial charge in [0.2, 0.25) is 11.8 Å². The van der Waals surface area contributed by atoms with Crippen LogP contribution in [0.4, 0.5) is 4.39 Å². The van der Waals surface area contributed by atoms with Crippen LogP contribution in [0.5, 0.6) is 0 Å². The lowest BCUT2D eigenvalue weighted by Gasteiger charge is -2.36. The Morgan fingerprint density at radius 3 is 2.81 bits per heavy atom. The standard InChI is InChI=1S/C20H27FN2O3S/c1-20(2,3)10-18(24)23-13-27-12-16(23)19(25)22-7-8-26-17(11-22)14-5-4-6-15(21)9-14/h4-6,9,16-17H,7-8,10-13H2,1-3H3. The molecule has 3 rings (SSSR count). The van der Waals surface area contributed by atoms with Crippen molar-refractivity contribution in [1.82, 2.24) is 9.80 Å². The number of carbonyl (C=O) groups excluding carboxylic acids is 2. The van der Waals surface area contributed by atoms with Crippen molar-refractivity contribution in [3.8, 4) is 0 Å². The molecule has 2 atom stereocenters.